The molecule has 6 nitrogen and oxygen atoms in total. The molecular weight excluding hydrogens is 366 g/mol. The molecule has 3 amide bonds. The van der Waals surface area contributed by atoms with Crippen LogP contribution in [-0.4, -0.2) is 19.0 Å². The van der Waals surface area contributed by atoms with E-state index in [9.17, 15) is 9.59 Å². The van der Waals surface area contributed by atoms with Gasteiger partial charge >= 0.3 is 6.03 Å². The van der Waals surface area contributed by atoms with Crippen molar-refractivity contribution in [1.82, 2.24) is 5.32 Å². The first-order chi connectivity index (χ1) is 14.0. The van der Waals surface area contributed by atoms with Crippen LogP contribution in [0.2, 0.25) is 0 Å². The van der Waals surface area contributed by atoms with Gasteiger partial charge in [0.1, 0.15) is 5.75 Å². The fourth-order valence-electron chi connectivity index (χ4n) is 2.98. The first kappa shape index (κ1) is 19.9. The second-order valence-electron chi connectivity index (χ2n) is 6.56. The number of carbonyl (C=O) groups excluding carboxylic acids is 2. The third kappa shape index (κ3) is 5.59. The number of amides is 3. The van der Waals surface area contributed by atoms with Gasteiger partial charge in [-0.25, -0.2) is 4.79 Å². The normalized spacial score (nSPS) is 10.2. The van der Waals surface area contributed by atoms with Crippen LogP contribution < -0.4 is 21.1 Å². The summed E-state index contributed by atoms with van der Waals surface area (Å²) in [5, 5.41) is 5.43. The van der Waals surface area contributed by atoms with Crippen LogP contribution in [0.1, 0.15) is 27.0 Å². The number of rotatable bonds is 7. The van der Waals surface area contributed by atoms with Crippen LogP contribution in [0.15, 0.2) is 72.8 Å². The molecule has 3 aromatic rings. The molecular formula is C23H23N3O3. The molecule has 6 heteroatoms. The molecule has 4 N–H and O–H groups in total. The lowest BCUT2D eigenvalue weighted by molar-refractivity contribution is 0.102. The fourth-order valence-corrected chi connectivity index (χ4v) is 2.98. The van der Waals surface area contributed by atoms with Crippen molar-refractivity contribution in [2.24, 2.45) is 5.73 Å². The Morgan fingerprint density at radius 3 is 2.31 bits per heavy atom. The summed E-state index contributed by atoms with van der Waals surface area (Å²) >= 11 is 0. The smallest absolute Gasteiger partial charge is 0.312 e. The topological polar surface area (TPSA) is 93.4 Å². The van der Waals surface area contributed by atoms with Gasteiger partial charge in [0.2, 0.25) is 0 Å². The molecule has 0 unspecified atom stereocenters. The van der Waals surface area contributed by atoms with Crippen LogP contribution in [0, 0.1) is 0 Å². The van der Waals surface area contributed by atoms with Gasteiger partial charge in [-0.1, -0.05) is 42.5 Å². The van der Waals surface area contributed by atoms with Crippen LogP contribution in [0.25, 0.3) is 0 Å². The highest BCUT2D eigenvalue weighted by molar-refractivity contribution is 6.04. The largest absolute Gasteiger partial charge is 0.496 e. The Morgan fingerprint density at radius 2 is 1.66 bits per heavy atom. The maximum Gasteiger partial charge on any atom is 0.312 e. The standard InChI is InChI=1S/C23H23N3O3/c1-29-21-12-11-20(14-19(21)13-16-5-3-2-4-6-16)26-22(27)18-9-7-17(8-10-18)15-25-23(24)28/h2-12,14H,13,15H2,1H3,(H,26,27)(H3,24,25,28). The zero-order valence-electron chi connectivity index (χ0n) is 16.1. The van der Waals surface area contributed by atoms with Crippen LogP contribution in [0.3, 0.4) is 0 Å². The molecule has 29 heavy (non-hydrogen) atoms. The van der Waals surface area contributed by atoms with E-state index >= 15 is 0 Å². The van der Waals surface area contributed by atoms with Crippen molar-refractivity contribution < 1.29 is 14.3 Å². The molecule has 3 aromatic carbocycles. The first-order valence-electron chi connectivity index (χ1n) is 9.19. The van der Waals surface area contributed by atoms with E-state index in [0.717, 1.165) is 22.4 Å². The second-order valence-corrected chi connectivity index (χ2v) is 6.56. The molecule has 0 aliphatic carbocycles. The number of carbonyl (C=O) groups is 2. The number of hydrogen-bond acceptors (Lipinski definition) is 3. The minimum atomic E-state index is -0.586. The highest BCUT2D eigenvalue weighted by Gasteiger charge is 2.10. The Kier molecular flexibility index (Phi) is 6.47. The van der Waals surface area contributed by atoms with Crippen LogP contribution in [0.5, 0.6) is 5.75 Å². The van der Waals surface area contributed by atoms with Crippen LogP contribution in [-0.2, 0) is 13.0 Å². The maximum absolute atomic E-state index is 12.6. The average molecular weight is 389 g/mol. The van der Waals surface area contributed by atoms with Gasteiger partial charge in [0.05, 0.1) is 7.11 Å². The van der Waals surface area contributed by atoms with Gasteiger partial charge in [0.25, 0.3) is 5.91 Å². The number of hydrogen-bond donors (Lipinski definition) is 3. The lowest BCUT2D eigenvalue weighted by Crippen LogP contribution is -2.28. The fraction of sp³-hybridized carbons (Fsp3) is 0.130. The molecule has 0 aliphatic rings. The average Bonchev–Trinajstić information content (AvgIpc) is 2.73. The number of nitrogens with two attached hydrogens (primary N) is 1. The van der Waals surface area contributed by atoms with Gasteiger partial charge in [0.15, 0.2) is 0 Å². The predicted octanol–water partition coefficient (Wildman–Crippen LogP) is 3.71. The van der Waals surface area contributed by atoms with Gasteiger partial charge in [-0.2, -0.15) is 0 Å². The summed E-state index contributed by atoms with van der Waals surface area (Å²) in [5.74, 6) is 0.563. The number of methoxy groups -OCH3 is 1. The van der Waals surface area contributed by atoms with Crippen molar-refractivity contribution in [2.45, 2.75) is 13.0 Å². The molecule has 0 saturated heterocycles. The number of anilines is 1. The summed E-state index contributed by atoms with van der Waals surface area (Å²) in [6.45, 7) is 0.318. The molecule has 0 heterocycles. The van der Waals surface area contributed by atoms with Crippen molar-refractivity contribution in [3.8, 4) is 5.75 Å². The Morgan fingerprint density at radius 1 is 0.931 bits per heavy atom. The highest BCUT2D eigenvalue weighted by Crippen LogP contribution is 2.25. The summed E-state index contributed by atoms with van der Waals surface area (Å²) in [5.41, 5.74) is 9.29. The van der Waals surface area contributed by atoms with E-state index in [0.29, 0.717) is 24.2 Å². The molecule has 0 atom stereocenters. The van der Waals surface area contributed by atoms with Crippen molar-refractivity contribution in [2.75, 3.05) is 12.4 Å². The molecule has 0 fully saturated rings. The van der Waals surface area contributed by atoms with E-state index in [2.05, 4.69) is 22.8 Å². The van der Waals surface area contributed by atoms with E-state index in [4.69, 9.17) is 10.5 Å². The number of benzene rings is 3. The number of nitrogens with one attached hydrogen (secondary N) is 2. The quantitative estimate of drug-likeness (QED) is 0.575. The molecule has 0 saturated carbocycles. The predicted molar refractivity (Wildman–Crippen MR) is 113 cm³/mol. The monoisotopic (exact) mass is 389 g/mol. The van der Waals surface area contributed by atoms with E-state index in [-0.39, 0.29) is 5.91 Å². The van der Waals surface area contributed by atoms with Gasteiger partial charge in [-0.05, 0) is 41.5 Å². The van der Waals surface area contributed by atoms with Gasteiger partial charge in [-0.3, -0.25) is 4.79 Å². The second kappa shape index (κ2) is 9.41. The van der Waals surface area contributed by atoms with E-state index < -0.39 is 6.03 Å². The van der Waals surface area contributed by atoms with Crippen molar-refractivity contribution in [1.29, 1.82) is 0 Å². The molecule has 0 bridgehead atoms. The van der Waals surface area contributed by atoms with Crippen LogP contribution >= 0.6 is 0 Å². The zero-order chi connectivity index (χ0) is 20.6. The third-order valence-corrected chi connectivity index (χ3v) is 4.46. The minimum Gasteiger partial charge on any atom is -0.496 e. The summed E-state index contributed by atoms with van der Waals surface area (Å²) in [4.78, 5) is 23.4. The highest BCUT2D eigenvalue weighted by atomic mass is 16.5. The van der Waals surface area contributed by atoms with Gasteiger partial charge in [0, 0.05) is 29.8 Å². The zero-order valence-corrected chi connectivity index (χ0v) is 16.1. The summed E-state index contributed by atoms with van der Waals surface area (Å²) in [6, 6.07) is 22.1. The Labute approximate surface area is 169 Å². The molecule has 0 spiro atoms. The lowest BCUT2D eigenvalue weighted by Gasteiger charge is -2.12. The minimum absolute atomic E-state index is 0.213. The van der Waals surface area contributed by atoms with Crippen molar-refractivity contribution in [3.05, 3.63) is 95.1 Å². The Bertz CT molecular complexity index is 986. The number of ether oxygens (including phenoxy) is 1. The SMILES string of the molecule is COc1ccc(NC(=O)c2ccc(CNC(N)=O)cc2)cc1Cc1ccccc1. The first-order valence-corrected chi connectivity index (χ1v) is 9.19. The molecule has 0 aromatic heterocycles. The van der Waals surface area contributed by atoms with E-state index in [1.165, 1.54) is 0 Å². The van der Waals surface area contributed by atoms with Crippen molar-refractivity contribution >= 4 is 17.6 Å². The number of primary amides is 1. The van der Waals surface area contributed by atoms with Gasteiger partial charge < -0.3 is 21.1 Å². The van der Waals surface area contributed by atoms with E-state index in [1.54, 1.807) is 31.4 Å². The summed E-state index contributed by atoms with van der Waals surface area (Å²) in [6.07, 6.45) is 0.704. The maximum atomic E-state index is 12.6. The third-order valence-electron chi connectivity index (χ3n) is 4.46. The van der Waals surface area contributed by atoms with E-state index in [1.807, 2.05) is 36.4 Å². The molecule has 0 aliphatic heterocycles. The summed E-state index contributed by atoms with van der Waals surface area (Å²) in [7, 11) is 1.64. The lowest BCUT2D eigenvalue weighted by atomic mass is 10.0. The van der Waals surface area contributed by atoms with Gasteiger partial charge in [-0.15, -0.1) is 0 Å². The molecule has 148 valence electrons. The number of urea groups is 1. The molecule has 3 rings (SSSR count). The van der Waals surface area contributed by atoms with Crippen molar-refractivity contribution in [3.63, 3.8) is 0 Å². The summed E-state index contributed by atoms with van der Waals surface area (Å²) < 4.78 is 5.46. The molecule has 0 radical (unpaired) electrons. The Hall–Kier alpha value is -3.80. The Balaban J connectivity index is 1.71. The van der Waals surface area contributed by atoms with Crippen LogP contribution in [0.4, 0.5) is 10.5 Å².